The number of nitrogens with zero attached hydrogens (tertiary/aromatic N) is 2. The van der Waals surface area contributed by atoms with Gasteiger partial charge < -0.3 is 9.88 Å². The summed E-state index contributed by atoms with van der Waals surface area (Å²) in [7, 11) is 0. The number of nitrogens with one attached hydrogen (secondary N) is 1. The minimum atomic E-state index is 0.174. The second-order valence-corrected chi connectivity index (χ2v) is 5.45. The van der Waals surface area contributed by atoms with Crippen molar-refractivity contribution >= 4 is 5.91 Å². The lowest BCUT2D eigenvalue weighted by atomic mass is 9.91. The highest BCUT2D eigenvalue weighted by Gasteiger charge is 2.37. The molecule has 0 spiro atoms. The molecule has 1 aliphatic heterocycles. The number of carbonyl (C=O) groups is 1. The number of H-pyrrole nitrogens is 1. The van der Waals surface area contributed by atoms with Gasteiger partial charge in [0.15, 0.2) is 0 Å². The van der Waals surface area contributed by atoms with Gasteiger partial charge in [-0.25, -0.2) is 4.98 Å². The number of carbonyl (C=O) groups excluding carboxylic acids is 1. The van der Waals surface area contributed by atoms with E-state index in [0.717, 1.165) is 18.8 Å². The van der Waals surface area contributed by atoms with E-state index in [1.54, 1.807) is 12.4 Å². The first kappa shape index (κ1) is 11.2. The maximum absolute atomic E-state index is 12.1. The molecule has 16 heavy (non-hydrogen) atoms. The van der Waals surface area contributed by atoms with Gasteiger partial charge in [-0.05, 0) is 18.8 Å². The van der Waals surface area contributed by atoms with E-state index < -0.39 is 0 Å². The van der Waals surface area contributed by atoms with E-state index in [0.29, 0.717) is 12.5 Å². The van der Waals surface area contributed by atoms with Crippen molar-refractivity contribution in [1.82, 2.24) is 14.9 Å². The van der Waals surface area contributed by atoms with Crippen LogP contribution in [-0.2, 0) is 11.2 Å². The minimum absolute atomic E-state index is 0.174. The Hall–Kier alpha value is -1.32. The highest BCUT2D eigenvalue weighted by Crippen LogP contribution is 2.33. The van der Waals surface area contributed by atoms with Crippen LogP contribution in [0.4, 0.5) is 0 Å². The summed E-state index contributed by atoms with van der Waals surface area (Å²) < 4.78 is 0. The normalized spacial score (nSPS) is 23.7. The van der Waals surface area contributed by atoms with E-state index in [9.17, 15) is 4.79 Å². The predicted molar refractivity (Wildman–Crippen MR) is 61.9 cm³/mol. The Morgan fingerprint density at radius 1 is 1.69 bits per heavy atom. The van der Waals surface area contributed by atoms with Crippen molar-refractivity contribution in [3.8, 4) is 0 Å². The molecule has 0 aromatic carbocycles. The lowest BCUT2D eigenvalue weighted by molar-refractivity contribution is -0.131. The largest absolute Gasteiger partial charge is 0.348 e. The predicted octanol–water partition coefficient (Wildman–Crippen LogP) is 1.60. The lowest BCUT2D eigenvalue weighted by Gasteiger charge is -2.22. The van der Waals surface area contributed by atoms with E-state index in [-0.39, 0.29) is 11.3 Å². The first-order valence-electron chi connectivity index (χ1n) is 5.76. The van der Waals surface area contributed by atoms with Crippen molar-refractivity contribution in [2.75, 3.05) is 6.54 Å². The van der Waals surface area contributed by atoms with Crippen LogP contribution in [0.25, 0.3) is 0 Å². The quantitative estimate of drug-likeness (QED) is 0.824. The van der Waals surface area contributed by atoms with Crippen LogP contribution < -0.4 is 0 Å². The summed E-state index contributed by atoms with van der Waals surface area (Å²) in [5.41, 5.74) is 0.248. The van der Waals surface area contributed by atoms with Gasteiger partial charge in [-0.2, -0.15) is 0 Å². The van der Waals surface area contributed by atoms with Crippen LogP contribution in [0.3, 0.4) is 0 Å². The molecule has 1 N–H and O–H groups in total. The van der Waals surface area contributed by atoms with Gasteiger partial charge in [0, 0.05) is 25.0 Å². The number of hydrogen-bond acceptors (Lipinski definition) is 2. The summed E-state index contributed by atoms with van der Waals surface area (Å²) in [6.45, 7) is 7.40. The van der Waals surface area contributed by atoms with Gasteiger partial charge in [0.05, 0.1) is 6.42 Å². The molecule has 4 nitrogen and oxygen atoms in total. The second kappa shape index (κ2) is 3.92. The highest BCUT2D eigenvalue weighted by molar-refractivity contribution is 5.78. The van der Waals surface area contributed by atoms with Gasteiger partial charge in [0.1, 0.15) is 5.82 Å². The van der Waals surface area contributed by atoms with E-state index in [4.69, 9.17) is 0 Å². The Kier molecular flexibility index (Phi) is 2.74. The topological polar surface area (TPSA) is 49.0 Å². The second-order valence-electron chi connectivity index (χ2n) is 5.45. The molecule has 2 rings (SSSR count). The number of aromatic amines is 1. The maximum Gasteiger partial charge on any atom is 0.230 e. The van der Waals surface area contributed by atoms with Crippen molar-refractivity contribution in [3.63, 3.8) is 0 Å². The Balaban J connectivity index is 2.00. The van der Waals surface area contributed by atoms with Crippen LogP contribution in [0, 0.1) is 5.41 Å². The molecule has 4 heteroatoms. The summed E-state index contributed by atoms with van der Waals surface area (Å²) in [6.07, 6.45) is 4.89. The van der Waals surface area contributed by atoms with Gasteiger partial charge in [-0.1, -0.05) is 13.8 Å². The van der Waals surface area contributed by atoms with Crippen LogP contribution >= 0.6 is 0 Å². The van der Waals surface area contributed by atoms with E-state index >= 15 is 0 Å². The first-order valence-corrected chi connectivity index (χ1v) is 5.76. The average Bonchev–Trinajstić information content (AvgIpc) is 2.73. The molecule has 1 amide bonds. The van der Waals surface area contributed by atoms with E-state index in [1.165, 1.54) is 0 Å². The molecule has 1 aromatic heterocycles. The zero-order valence-electron chi connectivity index (χ0n) is 10.2. The van der Waals surface area contributed by atoms with Crippen LogP contribution in [0.2, 0.25) is 0 Å². The van der Waals surface area contributed by atoms with Crippen molar-refractivity contribution < 1.29 is 4.79 Å². The molecule has 1 fully saturated rings. The Morgan fingerprint density at radius 2 is 2.44 bits per heavy atom. The standard InChI is InChI=1S/C12H19N3O/c1-9-7-12(2,3)8-15(9)11(16)6-10-13-4-5-14-10/h4-5,9H,6-8H2,1-3H3,(H,13,14). The molecule has 0 aliphatic carbocycles. The number of aromatic nitrogens is 2. The molecular weight excluding hydrogens is 202 g/mol. The summed E-state index contributed by atoms with van der Waals surface area (Å²) in [6, 6.07) is 0.345. The Morgan fingerprint density at radius 3 is 2.94 bits per heavy atom. The third-order valence-electron chi connectivity index (χ3n) is 3.17. The number of amides is 1. The molecule has 1 saturated heterocycles. The molecule has 0 radical (unpaired) electrons. The highest BCUT2D eigenvalue weighted by atomic mass is 16.2. The lowest BCUT2D eigenvalue weighted by Crippen LogP contribution is -2.36. The van der Waals surface area contributed by atoms with Gasteiger partial charge in [0.25, 0.3) is 0 Å². The zero-order chi connectivity index (χ0) is 11.8. The van der Waals surface area contributed by atoms with E-state index in [2.05, 4.69) is 30.7 Å². The fourth-order valence-corrected chi connectivity index (χ4v) is 2.56. The monoisotopic (exact) mass is 221 g/mol. The van der Waals surface area contributed by atoms with Gasteiger partial charge in [-0.3, -0.25) is 4.79 Å². The fraction of sp³-hybridized carbons (Fsp3) is 0.667. The number of imidazole rings is 1. The number of likely N-dealkylation sites (tertiary alicyclic amines) is 1. The molecule has 88 valence electrons. The van der Waals surface area contributed by atoms with Gasteiger partial charge in [0.2, 0.25) is 5.91 Å². The molecule has 0 bridgehead atoms. The fourth-order valence-electron chi connectivity index (χ4n) is 2.56. The molecule has 0 saturated carbocycles. The minimum Gasteiger partial charge on any atom is -0.348 e. The van der Waals surface area contributed by atoms with Crippen molar-refractivity contribution in [2.45, 2.75) is 39.7 Å². The number of rotatable bonds is 2. The summed E-state index contributed by atoms with van der Waals surface area (Å²) in [4.78, 5) is 21.1. The van der Waals surface area contributed by atoms with Gasteiger partial charge >= 0.3 is 0 Å². The first-order chi connectivity index (χ1) is 7.48. The van der Waals surface area contributed by atoms with E-state index in [1.807, 2.05) is 4.90 Å². The van der Waals surface area contributed by atoms with Crippen molar-refractivity contribution in [2.24, 2.45) is 5.41 Å². The van der Waals surface area contributed by atoms with Crippen LogP contribution in [0.5, 0.6) is 0 Å². The van der Waals surface area contributed by atoms with Crippen LogP contribution in [0.1, 0.15) is 33.0 Å². The van der Waals surface area contributed by atoms with Crippen molar-refractivity contribution in [1.29, 1.82) is 0 Å². The third-order valence-corrected chi connectivity index (χ3v) is 3.17. The van der Waals surface area contributed by atoms with Crippen LogP contribution in [0.15, 0.2) is 12.4 Å². The molecular formula is C12H19N3O. The maximum atomic E-state index is 12.1. The van der Waals surface area contributed by atoms with Crippen molar-refractivity contribution in [3.05, 3.63) is 18.2 Å². The summed E-state index contributed by atoms with van der Waals surface area (Å²) in [5.74, 6) is 0.926. The molecule has 1 unspecified atom stereocenters. The molecule has 2 heterocycles. The van der Waals surface area contributed by atoms with Gasteiger partial charge in [-0.15, -0.1) is 0 Å². The SMILES string of the molecule is CC1CC(C)(C)CN1C(=O)Cc1ncc[nH]1. The molecule has 1 atom stereocenters. The smallest absolute Gasteiger partial charge is 0.230 e. The molecule has 1 aromatic rings. The Labute approximate surface area is 96.1 Å². The zero-order valence-corrected chi connectivity index (χ0v) is 10.2. The number of hydrogen-bond donors (Lipinski definition) is 1. The Bertz CT molecular complexity index is 370. The third kappa shape index (κ3) is 2.26. The average molecular weight is 221 g/mol. The summed E-state index contributed by atoms with van der Waals surface area (Å²) >= 11 is 0. The van der Waals surface area contributed by atoms with Crippen LogP contribution in [-0.4, -0.2) is 33.4 Å². The summed E-state index contributed by atoms with van der Waals surface area (Å²) in [5, 5.41) is 0. The molecule has 1 aliphatic rings.